The van der Waals surface area contributed by atoms with Crippen LogP contribution in [0, 0.1) is 11.2 Å². The Balaban J connectivity index is 2.01. The van der Waals surface area contributed by atoms with Crippen molar-refractivity contribution in [3.05, 3.63) is 35.8 Å². The molecule has 0 spiro atoms. The fraction of sp³-hybridized carbons (Fsp3) is 0.467. The lowest BCUT2D eigenvalue weighted by atomic mass is 9.80. The van der Waals surface area contributed by atoms with Crippen LogP contribution in [-0.2, 0) is 0 Å². The van der Waals surface area contributed by atoms with Gasteiger partial charge in [-0.3, -0.25) is 0 Å². The van der Waals surface area contributed by atoms with Crippen LogP contribution in [0.15, 0.2) is 28.7 Å². The second-order valence-corrected chi connectivity index (χ2v) is 5.65. The van der Waals surface area contributed by atoms with E-state index in [2.05, 4.69) is 6.92 Å². The van der Waals surface area contributed by atoms with Gasteiger partial charge in [0.2, 0.25) is 0 Å². The van der Waals surface area contributed by atoms with Gasteiger partial charge in [0.25, 0.3) is 0 Å². The minimum absolute atomic E-state index is 0.0877. The summed E-state index contributed by atoms with van der Waals surface area (Å²) in [5.74, 6) is 0.391. The standard InChI is InChI=1S/C15H18FNO/c1-15(7-2-3-8-15)14(17)12-9-10-5-4-6-11(16)13(10)18-12/h4-6,9,14H,2-3,7-8,17H2,1H3. The summed E-state index contributed by atoms with van der Waals surface area (Å²) in [7, 11) is 0. The van der Waals surface area contributed by atoms with Gasteiger partial charge in [-0.05, 0) is 30.4 Å². The number of hydrogen-bond donors (Lipinski definition) is 1. The van der Waals surface area contributed by atoms with Gasteiger partial charge in [-0.15, -0.1) is 0 Å². The van der Waals surface area contributed by atoms with Crippen molar-refractivity contribution in [2.45, 2.75) is 38.6 Å². The van der Waals surface area contributed by atoms with E-state index in [4.69, 9.17) is 10.2 Å². The van der Waals surface area contributed by atoms with E-state index in [0.717, 1.165) is 18.2 Å². The van der Waals surface area contributed by atoms with E-state index in [1.54, 1.807) is 6.07 Å². The first-order valence-corrected chi connectivity index (χ1v) is 6.54. The maximum Gasteiger partial charge on any atom is 0.169 e. The van der Waals surface area contributed by atoms with E-state index in [1.165, 1.54) is 18.9 Å². The van der Waals surface area contributed by atoms with Gasteiger partial charge in [0, 0.05) is 5.39 Å². The molecule has 1 aliphatic rings. The Bertz CT molecular complexity index is 569. The van der Waals surface area contributed by atoms with Crippen LogP contribution in [0.3, 0.4) is 0 Å². The molecule has 2 N–H and O–H groups in total. The number of hydrogen-bond acceptors (Lipinski definition) is 2. The van der Waals surface area contributed by atoms with Gasteiger partial charge in [-0.1, -0.05) is 31.9 Å². The summed E-state index contributed by atoms with van der Waals surface area (Å²) in [6, 6.07) is 6.70. The highest BCUT2D eigenvalue weighted by Crippen LogP contribution is 2.46. The minimum Gasteiger partial charge on any atom is -0.456 e. The third kappa shape index (κ3) is 1.74. The van der Waals surface area contributed by atoms with Crippen LogP contribution >= 0.6 is 0 Å². The zero-order valence-electron chi connectivity index (χ0n) is 10.6. The van der Waals surface area contributed by atoms with Crippen LogP contribution in [0.4, 0.5) is 4.39 Å². The zero-order chi connectivity index (χ0) is 12.8. The van der Waals surface area contributed by atoms with Crippen molar-refractivity contribution in [1.82, 2.24) is 0 Å². The second kappa shape index (κ2) is 4.09. The summed E-state index contributed by atoms with van der Waals surface area (Å²) in [6.45, 7) is 2.20. The van der Waals surface area contributed by atoms with Crippen LogP contribution in [0.25, 0.3) is 11.0 Å². The molecule has 3 heteroatoms. The molecule has 0 aliphatic heterocycles. The predicted molar refractivity (Wildman–Crippen MR) is 69.7 cm³/mol. The first-order chi connectivity index (χ1) is 8.60. The molecule has 1 heterocycles. The molecule has 0 radical (unpaired) electrons. The lowest BCUT2D eigenvalue weighted by molar-refractivity contribution is 0.239. The largest absolute Gasteiger partial charge is 0.456 e. The number of nitrogens with two attached hydrogens (primary N) is 1. The Morgan fingerprint density at radius 2 is 2.06 bits per heavy atom. The topological polar surface area (TPSA) is 39.2 Å². The van der Waals surface area contributed by atoms with E-state index >= 15 is 0 Å². The smallest absolute Gasteiger partial charge is 0.169 e. The molecule has 1 saturated carbocycles. The highest BCUT2D eigenvalue weighted by atomic mass is 19.1. The maximum atomic E-state index is 13.6. The van der Waals surface area contributed by atoms with Crippen molar-refractivity contribution in [2.24, 2.45) is 11.1 Å². The molecule has 3 rings (SSSR count). The van der Waals surface area contributed by atoms with Crippen molar-refractivity contribution < 1.29 is 8.81 Å². The molecule has 0 bridgehead atoms. The number of para-hydroxylation sites is 1. The van der Waals surface area contributed by atoms with Gasteiger partial charge in [0.1, 0.15) is 5.76 Å². The molecular formula is C15H18FNO. The number of benzene rings is 1. The fourth-order valence-electron chi connectivity index (χ4n) is 3.04. The quantitative estimate of drug-likeness (QED) is 0.865. The highest BCUT2D eigenvalue weighted by Gasteiger charge is 2.37. The van der Waals surface area contributed by atoms with E-state index in [0.29, 0.717) is 11.3 Å². The van der Waals surface area contributed by atoms with E-state index in [-0.39, 0.29) is 17.3 Å². The summed E-state index contributed by atoms with van der Waals surface area (Å²) in [5.41, 5.74) is 6.74. The van der Waals surface area contributed by atoms with Crippen molar-refractivity contribution in [3.63, 3.8) is 0 Å². The Morgan fingerprint density at radius 1 is 1.33 bits per heavy atom. The summed E-state index contributed by atoms with van der Waals surface area (Å²) in [5, 5.41) is 0.794. The third-order valence-electron chi connectivity index (χ3n) is 4.32. The van der Waals surface area contributed by atoms with Gasteiger partial charge in [0.05, 0.1) is 6.04 Å². The van der Waals surface area contributed by atoms with Crippen molar-refractivity contribution in [2.75, 3.05) is 0 Å². The summed E-state index contributed by atoms with van der Waals surface area (Å²) in [6.07, 6.45) is 4.68. The molecule has 1 atom stereocenters. The Hall–Kier alpha value is -1.35. The SMILES string of the molecule is CC1(C(N)c2cc3cccc(F)c3o2)CCCC1. The Morgan fingerprint density at radius 3 is 2.72 bits per heavy atom. The molecule has 1 fully saturated rings. The van der Waals surface area contributed by atoms with Crippen molar-refractivity contribution in [3.8, 4) is 0 Å². The minimum atomic E-state index is -0.317. The second-order valence-electron chi connectivity index (χ2n) is 5.65. The van der Waals surface area contributed by atoms with Gasteiger partial charge < -0.3 is 10.2 Å². The van der Waals surface area contributed by atoms with Crippen LogP contribution in [0.2, 0.25) is 0 Å². The number of halogens is 1. The van der Waals surface area contributed by atoms with Crippen LogP contribution < -0.4 is 5.73 Å². The summed E-state index contributed by atoms with van der Waals surface area (Å²) in [4.78, 5) is 0. The van der Waals surface area contributed by atoms with Crippen molar-refractivity contribution in [1.29, 1.82) is 0 Å². The molecule has 0 amide bonds. The molecule has 1 unspecified atom stereocenters. The average Bonchev–Trinajstić information content (AvgIpc) is 2.96. The zero-order valence-corrected chi connectivity index (χ0v) is 10.6. The van der Waals surface area contributed by atoms with E-state index in [1.807, 2.05) is 12.1 Å². The molecule has 2 nitrogen and oxygen atoms in total. The van der Waals surface area contributed by atoms with Gasteiger partial charge in [-0.2, -0.15) is 0 Å². The molecule has 1 aliphatic carbocycles. The predicted octanol–water partition coefficient (Wildman–Crippen LogP) is 4.15. The molecule has 1 aromatic carbocycles. The number of rotatable bonds is 2. The third-order valence-corrected chi connectivity index (χ3v) is 4.32. The monoisotopic (exact) mass is 247 g/mol. The van der Waals surface area contributed by atoms with E-state index in [9.17, 15) is 4.39 Å². The molecular weight excluding hydrogens is 229 g/mol. The first-order valence-electron chi connectivity index (χ1n) is 6.54. The number of fused-ring (bicyclic) bond motifs is 1. The molecule has 96 valence electrons. The lowest BCUT2D eigenvalue weighted by Crippen LogP contribution is -2.28. The molecule has 1 aromatic heterocycles. The summed E-state index contributed by atoms with van der Waals surface area (Å²) < 4.78 is 19.2. The first kappa shape index (κ1) is 11.7. The molecule has 0 saturated heterocycles. The van der Waals surface area contributed by atoms with Gasteiger partial charge >= 0.3 is 0 Å². The van der Waals surface area contributed by atoms with Gasteiger partial charge in [-0.25, -0.2) is 4.39 Å². The number of furan rings is 1. The normalized spacial score (nSPS) is 20.4. The van der Waals surface area contributed by atoms with Crippen LogP contribution in [0.5, 0.6) is 0 Å². The molecule has 18 heavy (non-hydrogen) atoms. The Kier molecular flexibility index (Phi) is 2.67. The highest BCUT2D eigenvalue weighted by molar-refractivity contribution is 5.78. The van der Waals surface area contributed by atoms with E-state index < -0.39 is 0 Å². The Labute approximate surface area is 106 Å². The van der Waals surface area contributed by atoms with Crippen LogP contribution in [-0.4, -0.2) is 0 Å². The van der Waals surface area contributed by atoms with Gasteiger partial charge in [0.15, 0.2) is 11.4 Å². The fourth-order valence-corrected chi connectivity index (χ4v) is 3.04. The van der Waals surface area contributed by atoms with Crippen molar-refractivity contribution >= 4 is 11.0 Å². The average molecular weight is 247 g/mol. The maximum absolute atomic E-state index is 13.6. The lowest BCUT2D eigenvalue weighted by Gasteiger charge is -2.29. The molecule has 2 aromatic rings. The van der Waals surface area contributed by atoms with Crippen LogP contribution in [0.1, 0.15) is 44.4 Å². The summed E-state index contributed by atoms with van der Waals surface area (Å²) >= 11 is 0.